The summed E-state index contributed by atoms with van der Waals surface area (Å²) in [4.78, 5) is 25.3. The van der Waals surface area contributed by atoms with Crippen molar-refractivity contribution in [2.75, 3.05) is 20.6 Å². The highest BCUT2D eigenvalue weighted by Gasteiger charge is 2.42. The van der Waals surface area contributed by atoms with Crippen LogP contribution in [0.4, 0.5) is 0 Å². The molecule has 5 nitrogen and oxygen atoms in total. The van der Waals surface area contributed by atoms with Gasteiger partial charge >= 0.3 is 0 Å². The first-order chi connectivity index (χ1) is 7.89. The second-order valence-corrected chi connectivity index (χ2v) is 5.19. The fourth-order valence-electron chi connectivity index (χ4n) is 2.41. The van der Waals surface area contributed by atoms with Crippen molar-refractivity contribution < 1.29 is 9.59 Å². The van der Waals surface area contributed by atoms with Gasteiger partial charge in [-0.1, -0.05) is 12.8 Å². The van der Waals surface area contributed by atoms with Crippen LogP contribution in [0.1, 0.15) is 32.6 Å². The van der Waals surface area contributed by atoms with Crippen LogP contribution in [-0.4, -0.2) is 43.4 Å². The van der Waals surface area contributed by atoms with Gasteiger partial charge in [0.1, 0.15) is 0 Å². The Labute approximate surface area is 103 Å². The van der Waals surface area contributed by atoms with Gasteiger partial charge in [-0.15, -0.1) is 0 Å². The molecule has 0 spiro atoms. The highest BCUT2D eigenvalue weighted by Crippen LogP contribution is 2.38. The normalized spacial score (nSPS) is 19.8. The van der Waals surface area contributed by atoms with Crippen molar-refractivity contribution in [2.45, 2.75) is 38.6 Å². The van der Waals surface area contributed by atoms with E-state index in [9.17, 15) is 9.59 Å². The zero-order valence-corrected chi connectivity index (χ0v) is 11.0. The van der Waals surface area contributed by atoms with Crippen LogP contribution in [0.5, 0.6) is 0 Å². The minimum absolute atomic E-state index is 0.111. The van der Waals surface area contributed by atoms with Crippen molar-refractivity contribution in [1.29, 1.82) is 0 Å². The largest absolute Gasteiger partial charge is 0.354 e. The van der Waals surface area contributed by atoms with Gasteiger partial charge in [-0.2, -0.15) is 0 Å². The van der Waals surface area contributed by atoms with Crippen molar-refractivity contribution in [3.63, 3.8) is 0 Å². The molecule has 0 unspecified atom stereocenters. The molecule has 17 heavy (non-hydrogen) atoms. The van der Waals surface area contributed by atoms with E-state index in [-0.39, 0.29) is 11.8 Å². The molecule has 1 rings (SSSR count). The third-order valence-corrected chi connectivity index (χ3v) is 3.44. The summed E-state index contributed by atoms with van der Waals surface area (Å²) in [7, 11) is 3.52. The summed E-state index contributed by atoms with van der Waals surface area (Å²) in [5.74, 6) is -0.0807. The Morgan fingerprint density at radius 3 is 2.29 bits per heavy atom. The second kappa shape index (κ2) is 5.49. The summed E-state index contributed by atoms with van der Waals surface area (Å²) in [5.41, 5.74) is 5.08. The summed E-state index contributed by atoms with van der Waals surface area (Å²) in [6.45, 7) is 2.05. The van der Waals surface area contributed by atoms with E-state index in [0.717, 1.165) is 25.7 Å². The van der Waals surface area contributed by atoms with Crippen molar-refractivity contribution in [1.82, 2.24) is 10.2 Å². The van der Waals surface area contributed by atoms with Crippen LogP contribution in [-0.2, 0) is 9.59 Å². The zero-order valence-electron chi connectivity index (χ0n) is 11.0. The lowest BCUT2D eigenvalue weighted by Gasteiger charge is -2.31. The van der Waals surface area contributed by atoms with E-state index in [1.54, 1.807) is 25.9 Å². The van der Waals surface area contributed by atoms with Gasteiger partial charge in [-0.25, -0.2) is 0 Å². The average Bonchev–Trinajstić information content (AvgIpc) is 2.74. The van der Waals surface area contributed by atoms with Crippen LogP contribution < -0.4 is 11.1 Å². The molecule has 0 radical (unpaired) electrons. The van der Waals surface area contributed by atoms with E-state index in [1.165, 1.54) is 0 Å². The van der Waals surface area contributed by atoms with E-state index < -0.39 is 11.5 Å². The lowest BCUT2D eigenvalue weighted by molar-refractivity contribution is -0.139. The maximum Gasteiger partial charge on any atom is 0.236 e. The molecule has 0 aromatic carbocycles. The van der Waals surface area contributed by atoms with E-state index in [4.69, 9.17) is 5.73 Å². The van der Waals surface area contributed by atoms with Gasteiger partial charge in [0, 0.05) is 20.6 Å². The Balaban J connectivity index is 2.66. The quantitative estimate of drug-likeness (QED) is 0.733. The Hall–Kier alpha value is -1.10. The number of nitrogens with zero attached hydrogens (tertiary/aromatic N) is 1. The van der Waals surface area contributed by atoms with Crippen LogP contribution in [0.25, 0.3) is 0 Å². The van der Waals surface area contributed by atoms with Crippen molar-refractivity contribution >= 4 is 11.8 Å². The summed E-state index contributed by atoms with van der Waals surface area (Å²) in [5, 5.41) is 2.79. The molecule has 5 heteroatoms. The Morgan fingerprint density at radius 1 is 1.35 bits per heavy atom. The standard InChI is InChI=1S/C12H23N3O2/c1-9(13)10(16)14-8-12(6-4-5-7-12)11(17)15(2)3/h9H,4-8,13H2,1-3H3,(H,14,16)/t9-/m1/s1. The minimum Gasteiger partial charge on any atom is -0.354 e. The van der Waals surface area contributed by atoms with Crippen LogP contribution >= 0.6 is 0 Å². The fourth-order valence-corrected chi connectivity index (χ4v) is 2.41. The molecule has 0 aromatic heterocycles. The lowest BCUT2D eigenvalue weighted by Crippen LogP contribution is -2.49. The summed E-state index contributed by atoms with van der Waals surface area (Å²) >= 11 is 0. The molecule has 1 aliphatic rings. The molecule has 2 amide bonds. The fraction of sp³-hybridized carbons (Fsp3) is 0.833. The van der Waals surface area contributed by atoms with Gasteiger partial charge in [0.15, 0.2) is 0 Å². The molecule has 0 bridgehead atoms. The highest BCUT2D eigenvalue weighted by molar-refractivity contribution is 5.85. The van der Waals surface area contributed by atoms with Crippen LogP contribution in [0.15, 0.2) is 0 Å². The Morgan fingerprint density at radius 2 is 1.88 bits per heavy atom. The number of hydrogen-bond acceptors (Lipinski definition) is 3. The molecule has 1 saturated carbocycles. The zero-order chi connectivity index (χ0) is 13.1. The number of rotatable bonds is 4. The third-order valence-electron chi connectivity index (χ3n) is 3.44. The van der Waals surface area contributed by atoms with Crippen LogP contribution in [0, 0.1) is 5.41 Å². The Bertz CT molecular complexity index is 294. The molecule has 98 valence electrons. The number of hydrogen-bond donors (Lipinski definition) is 2. The SMILES string of the molecule is C[C@@H](N)C(=O)NCC1(C(=O)N(C)C)CCCC1. The first-order valence-corrected chi connectivity index (χ1v) is 6.14. The van der Waals surface area contributed by atoms with E-state index in [2.05, 4.69) is 5.32 Å². The molecule has 1 aliphatic carbocycles. The molecular formula is C12H23N3O2. The van der Waals surface area contributed by atoms with Gasteiger partial charge < -0.3 is 16.0 Å². The number of amides is 2. The molecule has 0 heterocycles. The minimum atomic E-state index is -0.525. The topological polar surface area (TPSA) is 75.4 Å². The van der Waals surface area contributed by atoms with Gasteiger partial charge in [-0.3, -0.25) is 9.59 Å². The van der Waals surface area contributed by atoms with Gasteiger partial charge in [0.05, 0.1) is 11.5 Å². The molecule has 0 saturated heterocycles. The second-order valence-electron chi connectivity index (χ2n) is 5.19. The first-order valence-electron chi connectivity index (χ1n) is 6.14. The number of carbonyl (C=O) groups excluding carboxylic acids is 2. The molecule has 0 aliphatic heterocycles. The lowest BCUT2D eigenvalue weighted by atomic mass is 9.84. The van der Waals surface area contributed by atoms with Crippen LogP contribution in [0.3, 0.4) is 0 Å². The molecular weight excluding hydrogens is 218 g/mol. The van der Waals surface area contributed by atoms with Gasteiger partial charge in [-0.05, 0) is 19.8 Å². The predicted molar refractivity (Wildman–Crippen MR) is 66.3 cm³/mol. The van der Waals surface area contributed by atoms with Crippen molar-refractivity contribution in [2.24, 2.45) is 11.1 Å². The molecule has 0 aromatic rings. The van der Waals surface area contributed by atoms with Crippen molar-refractivity contribution in [3.05, 3.63) is 0 Å². The van der Waals surface area contributed by atoms with Gasteiger partial charge in [0.2, 0.25) is 11.8 Å². The smallest absolute Gasteiger partial charge is 0.236 e. The third kappa shape index (κ3) is 3.19. The maximum absolute atomic E-state index is 12.2. The molecule has 1 atom stereocenters. The highest BCUT2D eigenvalue weighted by atomic mass is 16.2. The van der Waals surface area contributed by atoms with E-state index in [0.29, 0.717) is 6.54 Å². The predicted octanol–water partition coefficient (Wildman–Crippen LogP) is 0.0984. The number of nitrogens with two attached hydrogens (primary N) is 1. The Kier molecular flexibility index (Phi) is 4.51. The summed E-state index contributed by atoms with van der Waals surface area (Å²) in [6, 6.07) is -0.525. The summed E-state index contributed by atoms with van der Waals surface area (Å²) in [6.07, 6.45) is 3.80. The van der Waals surface area contributed by atoms with Crippen molar-refractivity contribution in [3.8, 4) is 0 Å². The monoisotopic (exact) mass is 241 g/mol. The number of carbonyl (C=O) groups is 2. The summed E-state index contributed by atoms with van der Waals surface area (Å²) < 4.78 is 0. The molecule has 3 N–H and O–H groups in total. The van der Waals surface area contributed by atoms with Crippen LogP contribution in [0.2, 0.25) is 0 Å². The van der Waals surface area contributed by atoms with E-state index >= 15 is 0 Å². The maximum atomic E-state index is 12.2. The average molecular weight is 241 g/mol. The molecule has 1 fully saturated rings. The first kappa shape index (κ1) is 14.0. The van der Waals surface area contributed by atoms with E-state index in [1.807, 2.05) is 0 Å². The number of nitrogens with one attached hydrogen (secondary N) is 1. The van der Waals surface area contributed by atoms with Gasteiger partial charge in [0.25, 0.3) is 0 Å².